The number of nitrogens with zero attached hydrogens (tertiary/aromatic N) is 1. The van der Waals surface area contributed by atoms with Gasteiger partial charge >= 0.3 is 0 Å². The first-order chi connectivity index (χ1) is 7.24. The monoisotopic (exact) mass is 207 g/mol. The van der Waals surface area contributed by atoms with Gasteiger partial charge in [-0.2, -0.15) is 0 Å². The molecule has 2 heteroatoms. The molecule has 1 aliphatic rings. The summed E-state index contributed by atoms with van der Waals surface area (Å²) in [5, 5.41) is 0. The van der Waals surface area contributed by atoms with Crippen molar-refractivity contribution in [3.05, 3.63) is 35.9 Å². The summed E-state index contributed by atoms with van der Waals surface area (Å²) in [6.45, 7) is 4.62. The standard InChI is InChI=1S/C13H18FN/c1-2-15-10-6-9-13(14,11-15)12-7-4-3-5-8-12/h3-5,7-8H,2,6,9-11H2,1H3. The predicted molar refractivity (Wildman–Crippen MR) is 60.6 cm³/mol. The van der Waals surface area contributed by atoms with Crippen LogP contribution in [0, 0.1) is 0 Å². The summed E-state index contributed by atoms with van der Waals surface area (Å²) in [6, 6.07) is 9.58. The number of likely N-dealkylation sites (N-methyl/N-ethyl adjacent to an activating group) is 1. The first-order valence-electron chi connectivity index (χ1n) is 5.71. The Morgan fingerprint density at radius 2 is 2.07 bits per heavy atom. The molecule has 0 bridgehead atoms. The van der Waals surface area contributed by atoms with Gasteiger partial charge in [0.1, 0.15) is 5.67 Å². The highest BCUT2D eigenvalue weighted by molar-refractivity contribution is 5.23. The SMILES string of the molecule is CCN1CCCC(F)(c2ccccc2)C1. The van der Waals surface area contributed by atoms with Crippen molar-refractivity contribution in [2.75, 3.05) is 19.6 Å². The zero-order chi connectivity index (χ0) is 10.7. The third-order valence-corrected chi connectivity index (χ3v) is 3.26. The van der Waals surface area contributed by atoms with Crippen LogP contribution >= 0.6 is 0 Å². The molecular weight excluding hydrogens is 189 g/mol. The molecular formula is C13H18FN. The van der Waals surface area contributed by atoms with Crippen molar-refractivity contribution in [1.82, 2.24) is 4.90 Å². The average molecular weight is 207 g/mol. The van der Waals surface area contributed by atoms with Crippen molar-refractivity contribution in [2.24, 2.45) is 0 Å². The van der Waals surface area contributed by atoms with E-state index in [-0.39, 0.29) is 0 Å². The van der Waals surface area contributed by atoms with Crippen molar-refractivity contribution >= 4 is 0 Å². The van der Waals surface area contributed by atoms with Crippen LogP contribution in [0.3, 0.4) is 0 Å². The number of halogens is 1. The van der Waals surface area contributed by atoms with E-state index in [4.69, 9.17) is 0 Å². The summed E-state index contributed by atoms with van der Waals surface area (Å²) < 4.78 is 14.7. The highest BCUT2D eigenvalue weighted by atomic mass is 19.1. The van der Waals surface area contributed by atoms with Gasteiger partial charge in [-0.25, -0.2) is 4.39 Å². The second-order valence-electron chi connectivity index (χ2n) is 4.30. The van der Waals surface area contributed by atoms with Gasteiger partial charge in [0.05, 0.1) is 0 Å². The van der Waals surface area contributed by atoms with Gasteiger partial charge in [-0.15, -0.1) is 0 Å². The van der Waals surface area contributed by atoms with Crippen LogP contribution in [-0.2, 0) is 5.67 Å². The molecule has 82 valence electrons. The summed E-state index contributed by atoms with van der Waals surface area (Å²) in [4.78, 5) is 2.19. The molecule has 0 radical (unpaired) electrons. The molecule has 1 aliphatic heterocycles. The Labute approximate surface area is 90.9 Å². The maximum Gasteiger partial charge on any atom is 0.148 e. The van der Waals surface area contributed by atoms with Gasteiger partial charge < -0.3 is 4.90 Å². The molecule has 1 saturated heterocycles. The zero-order valence-corrected chi connectivity index (χ0v) is 9.25. The van der Waals surface area contributed by atoms with Gasteiger partial charge in [-0.05, 0) is 31.5 Å². The molecule has 1 nitrogen and oxygen atoms in total. The topological polar surface area (TPSA) is 3.24 Å². The highest BCUT2D eigenvalue weighted by Gasteiger charge is 2.36. The number of rotatable bonds is 2. The van der Waals surface area contributed by atoms with Gasteiger partial charge in [0.2, 0.25) is 0 Å². The van der Waals surface area contributed by atoms with Gasteiger partial charge in [-0.3, -0.25) is 0 Å². The van der Waals surface area contributed by atoms with Crippen molar-refractivity contribution in [1.29, 1.82) is 0 Å². The van der Waals surface area contributed by atoms with E-state index in [0.717, 1.165) is 25.1 Å². The Balaban J connectivity index is 2.19. The molecule has 0 aromatic heterocycles. The predicted octanol–water partition coefficient (Wildman–Crippen LogP) is 2.97. The first kappa shape index (κ1) is 10.6. The highest BCUT2D eigenvalue weighted by Crippen LogP contribution is 2.35. The van der Waals surface area contributed by atoms with Crippen LogP contribution in [-0.4, -0.2) is 24.5 Å². The summed E-state index contributed by atoms with van der Waals surface area (Å²) in [6.07, 6.45) is 1.62. The van der Waals surface area contributed by atoms with Crippen molar-refractivity contribution in [2.45, 2.75) is 25.4 Å². The number of hydrogen-bond acceptors (Lipinski definition) is 1. The van der Waals surface area contributed by atoms with Crippen LogP contribution in [0.15, 0.2) is 30.3 Å². The molecule has 1 unspecified atom stereocenters. The zero-order valence-electron chi connectivity index (χ0n) is 9.25. The molecule has 1 fully saturated rings. The minimum absolute atomic E-state index is 0.549. The third-order valence-electron chi connectivity index (χ3n) is 3.26. The van der Waals surface area contributed by atoms with E-state index in [2.05, 4.69) is 11.8 Å². The molecule has 2 rings (SSSR count). The maximum absolute atomic E-state index is 14.7. The first-order valence-corrected chi connectivity index (χ1v) is 5.71. The van der Waals surface area contributed by atoms with E-state index in [0.29, 0.717) is 13.0 Å². The van der Waals surface area contributed by atoms with Gasteiger partial charge in [0.15, 0.2) is 0 Å². The molecule has 15 heavy (non-hydrogen) atoms. The normalized spacial score (nSPS) is 27.9. The minimum atomic E-state index is -1.13. The molecule has 1 heterocycles. The van der Waals surface area contributed by atoms with Crippen molar-refractivity contribution in [3.63, 3.8) is 0 Å². The Kier molecular flexibility index (Phi) is 3.06. The van der Waals surface area contributed by atoms with Crippen LogP contribution in [0.2, 0.25) is 0 Å². The van der Waals surface area contributed by atoms with Crippen LogP contribution in [0.4, 0.5) is 4.39 Å². The number of hydrogen-bond donors (Lipinski definition) is 0. The molecule has 0 aliphatic carbocycles. The van der Waals surface area contributed by atoms with Crippen LogP contribution in [0.25, 0.3) is 0 Å². The molecule has 1 atom stereocenters. The van der Waals surface area contributed by atoms with Gasteiger partial charge in [0, 0.05) is 6.54 Å². The molecule has 0 amide bonds. The summed E-state index contributed by atoms with van der Waals surface area (Å²) in [5.74, 6) is 0. The van der Waals surface area contributed by atoms with Crippen LogP contribution < -0.4 is 0 Å². The van der Waals surface area contributed by atoms with E-state index in [1.165, 1.54) is 0 Å². The van der Waals surface area contributed by atoms with E-state index in [9.17, 15) is 4.39 Å². The van der Waals surface area contributed by atoms with Gasteiger partial charge in [-0.1, -0.05) is 37.3 Å². The molecule has 0 spiro atoms. The van der Waals surface area contributed by atoms with Crippen LogP contribution in [0.1, 0.15) is 25.3 Å². The second kappa shape index (κ2) is 4.31. The second-order valence-corrected chi connectivity index (χ2v) is 4.30. The lowest BCUT2D eigenvalue weighted by Gasteiger charge is -2.37. The summed E-state index contributed by atoms with van der Waals surface area (Å²) in [7, 11) is 0. The smallest absolute Gasteiger partial charge is 0.148 e. The fraction of sp³-hybridized carbons (Fsp3) is 0.538. The minimum Gasteiger partial charge on any atom is -0.300 e. The Morgan fingerprint density at radius 1 is 1.33 bits per heavy atom. The molecule has 1 aromatic rings. The molecule has 0 saturated carbocycles. The lowest BCUT2D eigenvalue weighted by Crippen LogP contribution is -2.43. The van der Waals surface area contributed by atoms with Crippen molar-refractivity contribution in [3.8, 4) is 0 Å². The maximum atomic E-state index is 14.7. The molecule has 0 N–H and O–H groups in total. The van der Waals surface area contributed by atoms with E-state index in [1.54, 1.807) is 0 Å². The summed E-state index contributed by atoms with van der Waals surface area (Å²) >= 11 is 0. The fourth-order valence-corrected chi connectivity index (χ4v) is 2.34. The summed E-state index contributed by atoms with van der Waals surface area (Å²) in [5.41, 5.74) is -0.293. The lowest BCUT2D eigenvalue weighted by molar-refractivity contribution is 0.0454. The largest absolute Gasteiger partial charge is 0.300 e. The number of benzene rings is 1. The average Bonchev–Trinajstić information content (AvgIpc) is 2.30. The van der Waals surface area contributed by atoms with Crippen LogP contribution in [0.5, 0.6) is 0 Å². The van der Waals surface area contributed by atoms with Crippen molar-refractivity contribution < 1.29 is 4.39 Å². The van der Waals surface area contributed by atoms with E-state index < -0.39 is 5.67 Å². The number of likely N-dealkylation sites (tertiary alicyclic amines) is 1. The lowest BCUT2D eigenvalue weighted by atomic mass is 9.87. The third kappa shape index (κ3) is 2.20. The fourth-order valence-electron chi connectivity index (χ4n) is 2.34. The Bertz CT molecular complexity index is 312. The van der Waals surface area contributed by atoms with E-state index >= 15 is 0 Å². The Hall–Kier alpha value is -0.890. The van der Waals surface area contributed by atoms with Gasteiger partial charge in [0.25, 0.3) is 0 Å². The Morgan fingerprint density at radius 3 is 2.73 bits per heavy atom. The molecule has 1 aromatic carbocycles. The quantitative estimate of drug-likeness (QED) is 0.720. The van der Waals surface area contributed by atoms with E-state index in [1.807, 2.05) is 30.3 Å². The number of alkyl halides is 1. The number of piperidine rings is 1.